The Bertz CT molecular complexity index is 550. The van der Waals surface area contributed by atoms with Crippen LogP contribution >= 0.6 is 0 Å². The predicted molar refractivity (Wildman–Crippen MR) is 82.1 cm³/mol. The van der Waals surface area contributed by atoms with Crippen LogP contribution in [0.25, 0.3) is 0 Å². The summed E-state index contributed by atoms with van der Waals surface area (Å²) in [6.45, 7) is 7.34. The highest BCUT2D eigenvalue weighted by atomic mass is 32.2. The van der Waals surface area contributed by atoms with Gasteiger partial charge in [-0.3, -0.25) is 4.68 Å². The van der Waals surface area contributed by atoms with Crippen molar-refractivity contribution in [2.24, 2.45) is 0 Å². The smallest absolute Gasteiger partial charge is 0.246 e. The number of sulfonamides is 1. The third-order valence-electron chi connectivity index (χ3n) is 3.76. The Morgan fingerprint density at radius 3 is 2.59 bits per heavy atom. The molecule has 0 aromatic carbocycles. The van der Waals surface area contributed by atoms with Crippen molar-refractivity contribution < 1.29 is 17.9 Å². The van der Waals surface area contributed by atoms with Gasteiger partial charge in [-0.25, -0.2) is 8.42 Å². The van der Waals surface area contributed by atoms with Gasteiger partial charge in [-0.15, -0.1) is 0 Å². The van der Waals surface area contributed by atoms with Gasteiger partial charge in [-0.1, -0.05) is 0 Å². The Balaban J connectivity index is 1.85. The highest BCUT2D eigenvalue weighted by Crippen LogP contribution is 2.21. The first kappa shape index (κ1) is 17.4. The molecule has 0 aliphatic carbocycles. The highest BCUT2D eigenvalue weighted by molar-refractivity contribution is 7.89. The summed E-state index contributed by atoms with van der Waals surface area (Å²) in [5.41, 5.74) is 0. The molecule has 126 valence electrons. The minimum atomic E-state index is -3.43. The maximum absolute atomic E-state index is 12.5. The summed E-state index contributed by atoms with van der Waals surface area (Å²) >= 11 is 0. The fourth-order valence-electron chi connectivity index (χ4n) is 2.46. The molecule has 2 heterocycles. The van der Waals surface area contributed by atoms with Gasteiger partial charge in [0.15, 0.2) is 0 Å². The molecule has 8 heteroatoms. The van der Waals surface area contributed by atoms with Crippen LogP contribution < -0.4 is 0 Å². The molecule has 0 N–H and O–H groups in total. The van der Waals surface area contributed by atoms with Crippen LogP contribution in [-0.4, -0.2) is 61.5 Å². The molecule has 1 aromatic rings. The average Bonchev–Trinajstić information content (AvgIpc) is 3.02. The lowest BCUT2D eigenvalue weighted by atomic mass is 10.1. The Kier molecular flexibility index (Phi) is 6.37. The van der Waals surface area contributed by atoms with Crippen LogP contribution in [-0.2, 0) is 26.0 Å². The van der Waals surface area contributed by atoms with Crippen molar-refractivity contribution in [1.29, 1.82) is 0 Å². The van der Waals surface area contributed by atoms with E-state index in [0.29, 0.717) is 52.3 Å². The molecule has 0 atom stereocenters. The van der Waals surface area contributed by atoms with E-state index < -0.39 is 10.0 Å². The Labute approximate surface area is 132 Å². The monoisotopic (exact) mass is 331 g/mol. The van der Waals surface area contributed by atoms with Crippen molar-refractivity contribution >= 4 is 10.0 Å². The SMILES string of the molecule is CCOCCOC1CCN(S(=O)(=O)c2cnn(CC)c2)CC1. The second kappa shape index (κ2) is 8.05. The summed E-state index contributed by atoms with van der Waals surface area (Å²) in [5.74, 6) is 0. The molecule has 1 aliphatic heterocycles. The van der Waals surface area contributed by atoms with Crippen molar-refractivity contribution in [1.82, 2.24) is 14.1 Å². The number of aryl methyl sites for hydroxylation is 1. The molecule has 2 rings (SSSR count). The molecule has 0 saturated carbocycles. The first-order chi connectivity index (χ1) is 10.6. The number of hydrogen-bond acceptors (Lipinski definition) is 5. The van der Waals surface area contributed by atoms with Crippen LogP contribution in [0.4, 0.5) is 0 Å². The van der Waals surface area contributed by atoms with E-state index in [1.807, 2.05) is 13.8 Å². The lowest BCUT2D eigenvalue weighted by Crippen LogP contribution is -2.41. The number of piperidine rings is 1. The van der Waals surface area contributed by atoms with E-state index in [1.165, 1.54) is 10.5 Å². The average molecular weight is 331 g/mol. The van der Waals surface area contributed by atoms with Gasteiger partial charge >= 0.3 is 0 Å². The standard InChI is InChI=1S/C14H25N3O4S/c1-3-16-12-14(11-15-16)22(18,19)17-7-5-13(6-8-17)21-10-9-20-4-2/h11-13H,3-10H2,1-2H3. The summed E-state index contributed by atoms with van der Waals surface area (Å²) in [4.78, 5) is 0.269. The first-order valence-corrected chi connectivity index (χ1v) is 9.23. The van der Waals surface area contributed by atoms with E-state index in [9.17, 15) is 8.42 Å². The Morgan fingerprint density at radius 2 is 2.00 bits per heavy atom. The van der Waals surface area contributed by atoms with Gasteiger partial charge < -0.3 is 9.47 Å². The van der Waals surface area contributed by atoms with Crippen molar-refractivity contribution in [2.75, 3.05) is 32.9 Å². The Hall–Kier alpha value is -0.960. The highest BCUT2D eigenvalue weighted by Gasteiger charge is 2.30. The van der Waals surface area contributed by atoms with Crippen molar-refractivity contribution in [3.8, 4) is 0 Å². The lowest BCUT2D eigenvalue weighted by molar-refractivity contribution is -0.0121. The van der Waals surface area contributed by atoms with E-state index in [0.717, 1.165) is 0 Å². The van der Waals surface area contributed by atoms with Gasteiger partial charge in [0.05, 0.1) is 25.5 Å². The van der Waals surface area contributed by atoms with Gasteiger partial charge in [0, 0.05) is 32.4 Å². The van der Waals surface area contributed by atoms with Crippen LogP contribution in [0.5, 0.6) is 0 Å². The van der Waals surface area contributed by atoms with Crippen LogP contribution in [0, 0.1) is 0 Å². The van der Waals surface area contributed by atoms with Gasteiger partial charge in [-0.05, 0) is 26.7 Å². The molecule has 1 aromatic heterocycles. The maximum Gasteiger partial charge on any atom is 0.246 e. The Morgan fingerprint density at radius 1 is 1.27 bits per heavy atom. The molecular formula is C14H25N3O4S. The van der Waals surface area contributed by atoms with Gasteiger partial charge in [0.1, 0.15) is 4.90 Å². The molecule has 0 unspecified atom stereocenters. The quantitative estimate of drug-likeness (QED) is 0.667. The molecule has 1 fully saturated rings. The van der Waals surface area contributed by atoms with E-state index >= 15 is 0 Å². The minimum Gasteiger partial charge on any atom is -0.379 e. The largest absolute Gasteiger partial charge is 0.379 e. The van der Waals surface area contributed by atoms with Crippen molar-refractivity contribution in [2.45, 2.75) is 44.2 Å². The van der Waals surface area contributed by atoms with E-state index in [1.54, 1.807) is 10.9 Å². The fourth-order valence-corrected chi connectivity index (χ4v) is 3.88. The van der Waals surface area contributed by atoms with Crippen LogP contribution in [0.2, 0.25) is 0 Å². The molecule has 1 aliphatic rings. The summed E-state index contributed by atoms with van der Waals surface area (Å²) in [7, 11) is -3.43. The third kappa shape index (κ3) is 4.28. The number of aromatic nitrogens is 2. The zero-order valence-corrected chi connectivity index (χ0v) is 14.1. The number of ether oxygens (including phenoxy) is 2. The number of hydrogen-bond donors (Lipinski definition) is 0. The number of nitrogens with zero attached hydrogens (tertiary/aromatic N) is 3. The lowest BCUT2D eigenvalue weighted by Gasteiger charge is -2.30. The molecule has 7 nitrogen and oxygen atoms in total. The molecule has 1 saturated heterocycles. The zero-order chi connectivity index (χ0) is 16.0. The molecular weight excluding hydrogens is 306 g/mol. The molecule has 0 bridgehead atoms. The second-order valence-electron chi connectivity index (χ2n) is 5.20. The molecule has 0 radical (unpaired) electrons. The molecule has 22 heavy (non-hydrogen) atoms. The molecule has 0 amide bonds. The second-order valence-corrected chi connectivity index (χ2v) is 7.14. The topological polar surface area (TPSA) is 73.7 Å². The van der Waals surface area contributed by atoms with Crippen LogP contribution in [0.15, 0.2) is 17.3 Å². The predicted octanol–water partition coefficient (Wildman–Crippen LogP) is 1.11. The van der Waals surface area contributed by atoms with E-state index in [-0.39, 0.29) is 11.0 Å². The summed E-state index contributed by atoms with van der Waals surface area (Å²) in [6, 6.07) is 0. The van der Waals surface area contributed by atoms with Crippen molar-refractivity contribution in [3.63, 3.8) is 0 Å². The minimum absolute atomic E-state index is 0.116. The number of rotatable bonds is 8. The van der Waals surface area contributed by atoms with Gasteiger partial charge in [0.25, 0.3) is 0 Å². The van der Waals surface area contributed by atoms with Crippen molar-refractivity contribution in [3.05, 3.63) is 12.4 Å². The normalized spacial score (nSPS) is 17.9. The third-order valence-corrected chi connectivity index (χ3v) is 5.61. The van der Waals surface area contributed by atoms with Crippen LogP contribution in [0.1, 0.15) is 26.7 Å². The maximum atomic E-state index is 12.5. The fraction of sp³-hybridized carbons (Fsp3) is 0.786. The first-order valence-electron chi connectivity index (χ1n) is 7.79. The van der Waals surface area contributed by atoms with Crippen LogP contribution in [0.3, 0.4) is 0 Å². The van der Waals surface area contributed by atoms with Gasteiger partial charge in [0.2, 0.25) is 10.0 Å². The van der Waals surface area contributed by atoms with Gasteiger partial charge in [-0.2, -0.15) is 9.40 Å². The summed E-state index contributed by atoms with van der Waals surface area (Å²) < 4.78 is 39.2. The molecule has 0 spiro atoms. The van der Waals surface area contributed by atoms with E-state index in [4.69, 9.17) is 9.47 Å². The zero-order valence-electron chi connectivity index (χ0n) is 13.3. The summed E-state index contributed by atoms with van der Waals surface area (Å²) in [5, 5.41) is 4.04. The summed E-state index contributed by atoms with van der Waals surface area (Å²) in [6.07, 6.45) is 4.55. The van der Waals surface area contributed by atoms with E-state index in [2.05, 4.69) is 5.10 Å².